The lowest BCUT2D eigenvalue weighted by Crippen LogP contribution is -2.55. The van der Waals surface area contributed by atoms with Gasteiger partial charge in [0.25, 0.3) is 0 Å². The minimum absolute atomic E-state index is 0. The average Bonchev–Trinajstić information content (AvgIpc) is 2.30. The Hall–Kier alpha value is -1.20. The van der Waals surface area contributed by atoms with Gasteiger partial charge in [-0.3, -0.25) is 4.79 Å². The summed E-state index contributed by atoms with van der Waals surface area (Å²) in [6.07, 6.45) is 2.69. The molecular weight excluding hydrogens is 274 g/mol. The Labute approximate surface area is 117 Å². The molecule has 0 radical (unpaired) electrons. The van der Waals surface area contributed by atoms with Gasteiger partial charge < -0.3 is 11.1 Å². The van der Waals surface area contributed by atoms with Gasteiger partial charge in [0, 0.05) is 17.6 Å². The van der Waals surface area contributed by atoms with Crippen LogP contribution >= 0.6 is 12.4 Å². The summed E-state index contributed by atoms with van der Waals surface area (Å²) in [5.74, 6) is -2.23. The Bertz CT molecular complexity index is 464. The van der Waals surface area contributed by atoms with Gasteiger partial charge in [-0.05, 0) is 25.3 Å². The third-order valence-electron chi connectivity index (χ3n) is 3.37. The highest BCUT2D eigenvalue weighted by Crippen LogP contribution is 2.28. The molecule has 0 atom stereocenters. The first-order valence-corrected chi connectivity index (χ1v) is 5.99. The number of amides is 1. The first kappa shape index (κ1) is 15.9. The van der Waals surface area contributed by atoms with E-state index in [1.807, 2.05) is 0 Å². The van der Waals surface area contributed by atoms with Crippen molar-refractivity contribution >= 4 is 18.3 Å². The van der Waals surface area contributed by atoms with Gasteiger partial charge in [-0.2, -0.15) is 0 Å². The predicted octanol–water partition coefficient (Wildman–Crippen LogP) is 1.93. The monoisotopic (exact) mass is 290 g/mol. The Morgan fingerprint density at radius 2 is 2.05 bits per heavy atom. The van der Waals surface area contributed by atoms with Crippen LogP contribution in [0.15, 0.2) is 18.2 Å². The molecule has 0 bridgehead atoms. The second-order valence-corrected chi connectivity index (χ2v) is 4.88. The Morgan fingerprint density at radius 1 is 1.37 bits per heavy atom. The van der Waals surface area contributed by atoms with Gasteiger partial charge in [-0.25, -0.2) is 8.78 Å². The number of nitrogens with one attached hydrogen (secondary N) is 1. The Morgan fingerprint density at radius 3 is 2.63 bits per heavy atom. The van der Waals surface area contributed by atoms with E-state index in [4.69, 9.17) is 5.73 Å². The van der Waals surface area contributed by atoms with Crippen molar-refractivity contribution < 1.29 is 13.6 Å². The van der Waals surface area contributed by atoms with Crippen LogP contribution < -0.4 is 11.1 Å². The molecule has 1 aromatic rings. The standard InChI is InChI=1S/C13H16F2N2O.ClH/c14-10-4-1-3-9(12(10)15)7-11(18)17-8-13(16)5-2-6-13;/h1,3-4H,2,5-8,16H2,(H,17,18);1H. The molecule has 3 nitrogen and oxygen atoms in total. The molecule has 1 fully saturated rings. The molecule has 6 heteroatoms. The smallest absolute Gasteiger partial charge is 0.224 e. The fourth-order valence-electron chi connectivity index (χ4n) is 2.00. The summed E-state index contributed by atoms with van der Waals surface area (Å²) in [5, 5.41) is 2.67. The van der Waals surface area contributed by atoms with E-state index in [-0.39, 0.29) is 35.8 Å². The van der Waals surface area contributed by atoms with Crippen LogP contribution in [0, 0.1) is 11.6 Å². The molecule has 0 aromatic heterocycles. The van der Waals surface area contributed by atoms with Crippen molar-refractivity contribution in [2.45, 2.75) is 31.2 Å². The SMILES string of the molecule is Cl.NC1(CNC(=O)Cc2cccc(F)c2F)CCC1. The summed E-state index contributed by atoms with van der Waals surface area (Å²) in [4.78, 5) is 11.6. The van der Waals surface area contributed by atoms with Crippen molar-refractivity contribution in [3.63, 3.8) is 0 Å². The van der Waals surface area contributed by atoms with Gasteiger partial charge in [0.2, 0.25) is 5.91 Å². The Kier molecular flexibility index (Phi) is 5.26. The van der Waals surface area contributed by atoms with E-state index >= 15 is 0 Å². The second-order valence-electron chi connectivity index (χ2n) is 4.88. The largest absolute Gasteiger partial charge is 0.354 e. The van der Waals surface area contributed by atoms with Crippen molar-refractivity contribution in [3.05, 3.63) is 35.4 Å². The van der Waals surface area contributed by atoms with Gasteiger partial charge >= 0.3 is 0 Å². The highest BCUT2D eigenvalue weighted by atomic mass is 35.5. The van der Waals surface area contributed by atoms with E-state index in [0.717, 1.165) is 25.3 Å². The number of rotatable bonds is 4. The number of nitrogens with two attached hydrogens (primary N) is 1. The first-order chi connectivity index (χ1) is 8.50. The van der Waals surface area contributed by atoms with Crippen molar-refractivity contribution in [1.82, 2.24) is 5.32 Å². The summed E-state index contributed by atoms with van der Waals surface area (Å²) in [5.41, 5.74) is 5.70. The molecule has 0 aliphatic heterocycles. The Balaban J connectivity index is 0.00000180. The zero-order valence-corrected chi connectivity index (χ0v) is 11.2. The summed E-state index contributed by atoms with van der Waals surface area (Å²) in [6, 6.07) is 3.82. The lowest BCUT2D eigenvalue weighted by atomic mass is 9.78. The van der Waals surface area contributed by atoms with E-state index in [0.29, 0.717) is 6.54 Å². The van der Waals surface area contributed by atoms with Gasteiger partial charge in [0.15, 0.2) is 11.6 Å². The fraction of sp³-hybridized carbons (Fsp3) is 0.462. The topological polar surface area (TPSA) is 55.1 Å². The summed E-state index contributed by atoms with van der Waals surface area (Å²) >= 11 is 0. The maximum atomic E-state index is 13.3. The minimum atomic E-state index is -0.959. The predicted molar refractivity (Wildman–Crippen MR) is 71.1 cm³/mol. The maximum Gasteiger partial charge on any atom is 0.224 e. The highest BCUT2D eigenvalue weighted by Gasteiger charge is 2.32. The molecule has 2 rings (SSSR count). The van der Waals surface area contributed by atoms with Gasteiger partial charge in [0.05, 0.1) is 6.42 Å². The number of hydrogen-bond donors (Lipinski definition) is 2. The molecule has 0 heterocycles. The summed E-state index contributed by atoms with van der Waals surface area (Å²) in [7, 11) is 0. The van der Waals surface area contributed by atoms with Crippen molar-refractivity contribution in [1.29, 1.82) is 0 Å². The molecular formula is C13H17ClF2N2O. The number of carbonyl (C=O) groups is 1. The van der Waals surface area contributed by atoms with Crippen LogP contribution in [0.1, 0.15) is 24.8 Å². The quantitative estimate of drug-likeness (QED) is 0.890. The van der Waals surface area contributed by atoms with Crippen LogP contribution in [0.3, 0.4) is 0 Å². The molecule has 0 unspecified atom stereocenters. The molecule has 0 spiro atoms. The molecule has 1 saturated carbocycles. The van der Waals surface area contributed by atoms with E-state index in [9.17, 15) is 13.6 Å². The first-order valence-electron chi connectivity index (χ1n) is 5.99. The van der Waals surface area contributed by atoms with Crippen LogP contribution in [0.2, 0.25) is 0 Å². The second kappa shape index (κ2) is 6.30. The van der Waals surface area contributed by atoms with Crippen LogP contribution in [0.4, 0.5) is 8.78 Å². The number of benzene rings is 1. The fourth-order valence-corrected chi connectivity index (χ4v) is 2.00. The maximum absolute atomic E-state index is 13.3. The third kappa shape index (κ3) is 3.88. The molecule has 106 valence electrons. The molecule has 1 amide bonds. The van der Waals surface area contributed by atoms with Crippen LogP contribution in [-0.4, -0.2) is 18.0 Å². The zero-order valence-electron chi connectivity index (χ0n) is 10.4. The number of hydrogen-bond acceptors (Lipinski definition) is 2. The molecule has 3 N–H and O–H groups in total. The van der Waals surface area contributed by atoms with Crippen LogP contribution in [0.25, 0.3) is 0 Å². The molecule has 1 aromatic carbocycles. The normalized spacial score (nSPS) is 16.2. The van der Waals surface area contributed by atoms with Crippen LogP contribution in [-0.2, 0) is 11.2 Å². The van der Waals surface area contributed by atoms with Gasteiger partial charge in [-0.15, -0.1) is 12.4 Å². The lowest BCUT2D eigenvalue weighted by molar-refractivity contribution is -0.120. The highest BCUT2D eigenvalue weighted by molar-refractivity contribution is 5.85. The van der Waals surface area contributed by atoms with E-state index in [2.05, 4.69) is 5.32 Å². The molecule has 1 aliphatic rings. The minimum Gasteiger partial charge on any atom is -0.354 e. The van der Waals surface area contributed by atoms with Crippen molar-refractivity contribution in [3.8, 4) is 0 Å². The van der Waals surface area contributed by atoms with Crippen molar-refractivity contribution in [2.75, 3.05) is 6.54 Å². The summed E-state index contributed by atoms with van der Waals surface area (Å²) < 4.78 is 26.3. The third-order valence-corrected chi connectivity index (χ3v) is 3.37. The van der Waals surface area contributed by atoms with Crippen LogP contribution in [0.5, 0.6) is 0 Å². The molecule has 19 heavy (non-hydrogen) atoms. The number of carbonyl (C=O) groups excluding carboxylic acids is 1. The summed E-state index contributed by atoms with van der Waals surface area (Å²) in [6.45, 7) is 0.392. The zero-order chi connectivity index (χ0) is 13.2. The molecule has 1 aliphatic carbocycles. The van der Waals surface area contributed by atoms with Crippen molar-refractivity contribution in [2.24, 2.45) is 5.73 Å². The lowest BCUT2D eigenvalue weighted by Gasteiger charge is -2.38. The van der Waals surface area contributed by atoms with E-state index in [1.54, 1.807) is 0 Å². The van der Waals surface area contributed by atoms with E-state index < -0.39 is 11.6 Å². The van der Waals surface area contributed by atoms with E-state index in [1.165, 1.54) is 12.1 Å². The van der Waals surface area contributed by atoms with Gasteiger partial charge in [-0.1, -0.05) is 12.1 Å². The number of halogens is 3. The van der Waals surface area contributed by atoms with Gasteiger partial charge in [0.1, 0.15) is 0 Å². The average molecular weight is 291 g/mol. The molecule has 0 saturated heterocycles.